The van der Waals surface area contributed by atoms with Crippen molar-refractivity contribution < 1.29 is 14.3 Å². The molecule has 1 aliphatic heterocycles. The third-order valence-corrected chi connectivity index (χ3v) is 3.16. The van der Waals surface area contributed by atoms with Gasteiger partial charge in [0.25, 0.3) is 5.91 Å². The fourth-order valence-electron chi connectivity index (χ4n) is 2.12. The van der Waals surface area contributed by atoms with Crippen LogP contribution in [-0.4, -0.2) is 57.8 Å². The lowest BCUT2D eigenvalue weighted by atomic mass is 10.1. The van der Waals surface area contributed by atoms with Gasteiger partial charge >= 0.3 is 6.09 Å². The normalized spacial score (nSPS) is 16.0. The Kier molecular flexibility index (Phi) is 4.54. The van der Waals surface area contributed by atoms with Crippen molar-refractivity contribution in [1.82, 2.24) is 25.4 Å². The van der Waals surface area contributed by atoms with Crippen molar-refractivity contribution in [2.45, 2.75) is 32.7 Å². The van der Waals surface area contributed by atoms with E-state index in [1.807, 2.05) is 0 Å². The van der Waals surface area contributed by atoms with Crippen molar-refractivity contribution in [3.05, 3.63) is 11.6 Å². The van der Waals surface area contributed by atoms with E-state index in [-0.39, 0.29) is 23.9 Å². The van der Waals surface area contributed by atoms with Gasteiger partial charge in [0.1, 0.15) is 5.82 Å². The molecular formula is C12H19N5O3. The summed E-state index contributed by atoms with van der Waals surface area (Å²) < 4.78 is 4.95. The second-order valence-corrected chi connectivity index (χ2v) is 4.68. The van der Waals surface area contributed by atoms with Crippen LogP contribution >= 0.6 is 0 Å². The summed E-state index contributed by atoms with van der Waals surface area (Å²) in [5.74, 6) is 0.464. The molecule has 1 aliphatic rings. The molecule has 0 atom stereocenters. The fraction of sp³-hybridized carbons (Fsp3) is 0.667. The number of likely N-dealkylation sites (tertiary alicyclic amines) is 1. The van der Waals surface area contributed by atoms with Crippen molar-refractivity contribution in [2.75, 3.05) is 19.7 Å². The Morgan fingerprint density at radius 2 is 2.15 bits per heavy atom. The summed E-state index contributed by atoms with van der Waals surface area (Å²) in [6.45, 7) is 5.05. The number of carbonyl (C=O) groups is 2. The van der Waals surface area contributed by atoms with Gasteiger partial charge in [-0.15, -0.1) is 5.10 Å². The zero-order valence-corrected chi connectivity index (χ0v) is 11.7. The minimum absolute atomic E-state index is 0.0342. The van der Waals surface area contributed by atoms with Crippen molar-refractivity contribution >= 4 is 12.0 Å². The van der Waals surface area contributed by atoms with E-state index in [1.165, 1.54) is 0 Å². The van der Waals surface area contributed by atoms with Gasteiger partial charge in [0.05, 0.1) is 6.61 Å². The number of nitrogens with zero attached hydrogens (tertiary/aromatic N) is 3. The van der Waals surface area contributed by atoms with Crippen LogP contribution in [0.2, 0.25) is 0 Å². The topological polar surface area (TPSA) is 100 Å². The third-order valence-electron chi connectivity index (χ3n) is 3.16. The summed E-state index contributed by atoms with van der Waals surface area (Å²) in [7, 11) is 0. The Morgan fingerprint density at radius 1 is 1.45 bits per heavy atom. The lowest BCUT2D eigenvalue weighted by Crippen LogP contribution is -2.46. The zero-order chi connectivity index (χ0) is 14.5. The minimum Gasteiger partial charge on any atom is -0.450 e. The van der Waals surface area contributed by atoms with Gasteiger partial charge in [0.2, 0.25) is 5.82 Å². The molecule has 20 heavy (non-hydrogen) atoms. The quantitative estimate of drug-likeness (QED) is 0.838. The maximum Gasteiger partial charge on any atom is 0.409 e. The lowest BCUT2D eigenvalue weighted by molar-refractivity contribution is 0.0853. The molecule has 0 radical (unpaired) electrons. The summed E-state index contributed by atoms with van der Waals surface area (Å²) in [5, 5.41) is 9.32. The van der Waals surface area contributed by atoms with Crippen LogP contribution in [0.25, 0.3) is 0 Å². The number of nitrogens with one attached hydrogen (secondary N) is 2. The van der Waals surface area contributed by atoms with Crippen LogP contribution in [0.1, 0.15) is 36.2 Å². The van der Waals surface area contributed by atoms with Crippen LogP contribution < -0.4 is 5.32 Å². The van der Waals surface area contributed by atoms with Crippen molar-refractivity contribution in [2.24, 2.45) is 0 Å². The molecular weight excluding hydrogens is 262 g/mol. The molecule has 1 aromatic heterocycles. The van der Waals surface area contributed by atoms with Crippen LogP contribution in [0.3, 0.4) is 0 Å². The van der Waals surface area contributed by atoms with Gasteiger partial charge < -0.3 is 15.0 Å². The van der Waals surface area contributed by atoms with Crippen LogP contribution in [0.5, 0.6) is 0 Å². The lowest BCUT2D eigenvalue weighted by Gasteiger charge is -2.31. The molecule has 0 aromatic carbocycles. The van der Waals surface area contributed by atoms with Crippen molar-refractivity contribution in [3.8, 4) is 0 Å². The highest BCUT2D eigenvalue weighted by Crippen LogP contribution is 2.11. The standard InChI is InChI=1S/C12H19N5O3/c1-3-20-12(19)17-6-4-9(5-7-17)14-11(18)10-13-8(2)15-16-10/h9H,3-7H2,1-2H3,(H,14,18)(H,13,15,16). The molecule has 8 heteroatoms. The molecule has 1 aromatic rings. The van der Waals surface area contributed by atoms with E-state index in [4.69, 9.17) is 4.74 Å². The van der Waals surface area contributed by atoms with Crippen LogP contribution in [-0.2, 0) is 4.74 Å². The van der Waals surface area contributed by atoms with Gasteiger partial charge in [0, 0.05) is 19.1 Å². The maximum absolute atomic E-state index is 11.9. The molecule has 0 unspecified atom stereocenters. The van der Waals surface area contributed by atoms with Gasteiger partial charge in [-0.3, -0.25) is 9.89 Å². The van der Waals surface area contributed by atoms with E-state index < -0.39 is 0 Å². The van der Waals surface area contributed by atoms with E-state index >= 15 is 0 Å². The SMILES string of the molecule is CCOC(=O)N1CCC(NC(=O)c2n[nH]c(C)n2)CC1. The monoisotopic (exact) mass is 281 g/mol. The van der Waals surface area contributed by atoms with E-state index in [0.717, 1.165) is 0 Å². The predicted molar refractivity (Wildman–Crippen MR) is 70.2 cm³/mol. The number of piperidine rings is 1. The van der Waals surface area contributed by atoms with Crippen molar-refractivity contribution in [3.63, 3.8) is 0 Å². The Balaban J connectivity index is 1.80. The summed E-state index contributed by atoms with van der Waals surface area (Å²) >= 11 is 0. The molecule has 110 valence electrons. The van der Waals surface area contributed by atoms with E-state index in [1.54, 1.807) is 18.7 Å². The Hall–Kier alpha value is -2.12. The summed E-state index contributed by atoms with van der Waals surface area (Å²) in [6.07, 6.45) is 1.11. The van der Waals surface area contributed by atoms with Crippen LogP contribution in [0, 0.1) is 6.92 Å². The number of rotatable bonds is 3. The smallest absolute Gasteiger partial charge is 0.409 e. The second kappa shape index (κ2) is 6.36. The average Bonchev–Trinajstić information content (AvgIpc) is 2.86. The molecule has 2 rings (SSSR count). The van der Waals surface area contributed by atoms with Gasteiger partial charge in [-0.1, -0.05) is 0 Å². The number of carbonyl (C=O) groups excluding carboxylic acids is 2. The number of H-pyrrole nitrogens is 1. The predicted octanol–water partition coefficient (Wildman–Crippen LogP) is 0.464. The Morgan fingerprint density at radius 3 is 2.70 bits per heavy atom. The minimum atomic E-state index is -0.290. The molecule has 8 nitrogen and oxygen atoms in total. The molecule has 1 saturated heterocycles. The second-order valence-electron chi connectivity index (χ2n) is 4.68. The molecule has 0 aliphatic carbocycles. The van der Waals surface area contributed by atoms with Gasteiger partial charge in [-0.05, 0) is 26.7 Å². The fourth-order valence-corrected chi connectivity index (χ4v) is 2.12. The first-order valence-electron chi connectivity index (χ1n) is 6.71. The first-order valence-corrected chi connectivity index (χ1v) is 6.71. The number of amides is 2. The molecule has 1 fully saturated rings. The van der Waals surface area contributed by atoms with Gasteiger partial charge in [-0.25, -0.2) is 9.78 Å². The van der Waals surface area contributed by atoms with Gasteiger partial charge in [0.15, 0.2) is 0 Å². The zero-order valence-electron chi connectivity index (χ0n) is 11.7. The largest absolute Gasteiger partial charge is 0.450 e. The third kappa shape index (κ3) is 3.46. The molecule has 0 saturated carbocycles. The molecule has 2 heterocycles. The van der Waals surface area contributed by atoms with Gasteiger partial charge in [-0.2, -0.15) is 0 Å². The molecule has 2 N–H and O–H groups in total. The van der Waals surface area contributed by atoms with E-state index in [0.29, 0.717) is 38.4 Å². The van der Waals surface area contributed by atoms with E-state index in [2.05, 4.69) is 20.5 Å². The highest BCUT2D eigenvalue weighted by atomic mass is 16.6. The van der Waals surface area contributed by atoms with Crippen LogP contribution in [0.15, 0.2) is 0 Å². The average molecular weight is 281 g/mol. The maximum atomic E-state index is 11.9. The first-order chi connectivity index (χ1) is 9.60. The molecule has 2 amide bonds. The number of aromatic amines is 1. The van der Waals surface area contributed by atoms with E-state index in [9.17, 15) is 9.59 Å². The molecule has 0 spiro atoms. The Bertz CT molecular complexity index is 479. The highest BCUT2D eigenvalue weighted by Gasteiger charge is 2.25. The number of ether oxygens (including phenoxy) is 1. The highest BCUT2D eigenvalue weighted by molar-refractivity contribution is 5.90. The van der Waals surface area contributed by atoms with Crippen molar-refractivity contribution in [1.29, 1.82) is 0 Å². The Labute approximate surface area is 116 Å². The number of hydrogen-bond donors (Lipinski definition) is 2. The van der Waals surface area contributed by atoms with Crippen LogP contribution in [0.4, 0.5) is 4.79 Å². The summed E-state index contributed by atoms with van der Waals surface area (Å²) in [5.41, 5.74) is 0. The number of aromatic nitrogens is 3. The first kappa shape index (κ1) is 14.3. The summed E-state index contributed by atoms with van der Waals surface area (Å²) in [4.78, 5) is 29.1. The number of hydrogen-bond acceptors (Lipinski definition) is 5. The number of aryl methyl sites for hydroxylation is 1. The molecule has 0 bridgehead atoms. The summed E-state index contributed by atoms with van der Waals surface area (Å²) in [6, 6.07) is 0.0342.